The predicted molar refractivity (Wildman–Crippen MR) is 80.3 cm³/mol. The molecule has 106 valence electrons. The molecule has 0 atom stereocenters. The van der Waals surface area contributed by atoms with Crippen molar-refractivity contribution < 1.29 is 0 Å². The summed E-state index contributed by atoms with van der Waals surface area (Å²) in [7, 11) is 0. The number of nitrogens with zero attached hydrogens (tertiary/aromatic N) is 3. The zero-order valence-corrected chi connectivity index (χ0v) is 11.9. The second kappa shape index (κ2) is 5.41. The number of benzene rings is 1. The van der Waals surface area contributed by atoms with Gasteiger partial charge in [-0.05, 0) is 43.0 Å². The van der Waals surface area contributed by atoms with E-state index in [4.69, 9.17) is 5.26 Å². The Bertz CT molecular complexity index is 786. The minimum atomic E-state index is -0.105. The Kier molecular flexibility index (Phi) is 3.44. The summed E-state index contributed by atoms with van der Waals surface area (Å²) >= 11 is 0. The maximum Gasteiger partial charge on any atom is 0.269 e. The summed E-state index contributed by atoms with van der Waals surface area (Å²) in [5.74, 6) is 0. The van der Waals surface area contributed by atoms with Crippen molar-refractivity contribution in [2.24, 2.45) is 0 Å². The maximum atomic E-state index is 12.1. The third-order valence-corrected chi connectivity index (χ3v) is 3.77. The highest BCUT2D eigenvalue weighted by molar-refractivity contribution is 5.48. The number of fused-ring (bicyclic) bond motifs is 1. The van der Waals surface area contributed by atoms with Gasteiger partial charge in [0, 0.05) is 12.6 Å². The first kappa shape index (κ1) is 13.4. The molecule has 2 heterocycles. The van der Waals surface area contributed by atoms with Gasteiger partial charge in [-0.25, -0.2) is 4.68 Å². The lowest BCUT2D eigenvalue weighted by atomic mass is 10.1. The van der Waals surface area contributed by atoms with Gasteiger partial charge in [-0.3, -0.25) is 4.79 Å². The smallest absolute Gasteiger partial charge is 0.269 e. The van der Waals surface area contributed by atoms with Gasteiger partial charge >= 0.3 is 0 Å². The van der Waals surface area contributed by atoms with E-state index >= 15 is 0 Å². The minimum Gasteiger partial charge on any atom is -0.383 e. The van der Waals surface area contributed by atoms with Gasteiger partial charge in [0.2, 0.25) is 0 Å². The Morgan fingerprint density at radius 3 is 3.05 bits per heavy atom. The lowest BCUT2D eigenvalue weighted by molar-refractivity contribution is 0.606. The zero-order valence-electron chi connectivity index (χ0n) is 11.9. The van der Waals surface area contributed by atoms with Crippen molar-refractivity contribution in [2.75, 3.05) is 11.9 Å². The van der Waals surface area contributed by atoms with Crippen LogP contribution in [0.3, 0.4) is 0 Å². The molecular weight excluding hydrogens is 264 g/mol. The molecule has 0 aliphatic carbocycles. The first-order valence-electron chi connectivity index (χ1n) is 7.02. The molecule has 1 aromatic heterocycles. The fourth-order valence-electron chi connectivity index (χ4n) is 2.56. The molecule has 0 spiro atoms. The van der Waals surface area contributed by atoms with Crippen molar-refractivity contribution in [3.8, 4) is 6.07 Å². The van der Waals surface area contributed by atoms with Crippen LogP contribution in [-0.2, 0) is 13.0 Å². The van der Waals surface area contributed by atoms with E-state index in [2.05, 4.69) is 16.5 Å². The SMILES string of the molecule is Cc1cc(C#N)ccc1Cn1nc2c(cc1=O)NCCC2. The third kappa shape index (κ3) is 2.65. The Labute approximate surface area is 122 Å². The van der Waals surface area contributed by atoms with E-state index in [-0.39, 0.29) is 5.56 Å². The van der Waals surface area contributed by atoms with Gasteiger partial charge in [0.05, 0.1) is 29.6 Å². The van der Waals surface area contributed by atoms with Crippen LogP contribution in [0.2, 0.25) is 0 Å². The molecule has 0 fully saturated rings. The van der Waals surface area contributed by atoms with Crippen molar-refractivity contribution in [1.29, 1.82) is 5.26 Å². The lowest BCUT2D eigenvalue weighted by Crippen LogP contribution is -2.27. The van der Waals surface area contributed by atoms with Crippen LogP contribution in [0.25, 0.3) is 0 Å². The topological polar surface area (TPSA) is 70.7 Å². The first-order chi connectivity index (χ1) is 10.2. The van der Waals surface area contributed by atoms with Crippen LogP contribution in [0.1, 0.15) is 28.8 Å². The van der Waals surface area contributed by atoms with E-state index in [1.54, 1.807) is 12.1 Å². The van der Waals surface area contributed by atoms with Gasteiger partial charge in [-0.1, -0.05) is 6.07 Å². The van der Waals surface area contributed by atoms with Gasteiger partial charge in [0.15, 0.2) is 0 Å². The predicted octanol–water partition coefficient (Wildman–Crippen LogP) is 1.83. The molecule has 0 saturated carbocycles. The van der Waals surface area contributed by atoms with Crippen molar-refractivity contribution in [3.05, 3.63) is 57.0 Å². The molecule has 0 unspecified atom stereocenters. The Balaban J connectivity index is 1.95. The van der Waals surface area contributed by atoms with Crippen LogP contribution in [0.4, 0.5) is 5.69 Å². The van der Waals surface area contributed by atoms with Crippen LogP contribution in [-0.4, -0.2) is 16.3 Å². The summed E-state index contributed by atoms with van der Waals surface area (Å²) in [6.45, 7) is 3.28. The molecule has 1 aromatic carbocycles. The zero-order chi connectivity index (χ0) is 14.8. The van der Waals surface area contributed by atoms with Crippen LogP contribution in [0.15, 0.2) is 29.1 Å². The van der Waals surface area contributed by atoms with Crippen molar-refractivity contribution in [1.82, 2.24) is 9.78 Å². The minimum absolute atomic E-state index is 0.105. The number of hydrogen-bond donors (Lipinski definition) is 1. The lowest BCUT2D eigenvalue weighted by Gasteiger charge is -2.18. The van der Waals surface area contributed by atoms with E-state index in [0.29, 0.717) is 12.1 Å². The molecule has 5 nitrogen and oxygen atoms in total. The van der Waals surface area contributed by atoms with Gasteiger partial charge in [0.25, 0.3) is 5.56 Å². The molecular formula is C16H16N4O. The van der Waals surface area contributed by atoms with Crippen molar-refractivity contribution in [3.63, 3.8) is 0 Å². The monoisotopic (exact) mass is 280 g/mol. The van der Waals surface area contributed by atoms with Gasteiger partial charge in [-0.15, -0.1) is 0 Å². The quantitative estimate of drug-likeness (QED) is 0.911. The van der Waals surface area contributed by atoms with E-state index < -0.39 is 0 Å². The average Bonchev–Trinajstić information content (AvgIpc) is 2.49. The number of aromatic nitrogens is 2. The third-order valence-electron chi connectivity index (χ3n) is 3.77. The molecule has 0 saturated heterocycles. The summed E-state index contributed by atoms with van der Waals surface area (Å²) < 4.78 is 1.50. The van der Waals surface area contributed by atoms with Crippen LogP contribution in [0.5, 0.6) is 0 Å². The highest BCUT2D eigenvalue weighted by Gasteiger charge is 2.13. The molecule has 1 N–H and O–H groups in total. The fraction of sp³-hybridized carbons (Fsp3) is 0.312. The Morgan fingerprint density at radius 2 is 2.29 bits per heavy atom. The molecule has 0 amide bonds. The normalized spacial score (nSPS) is 13.1. The van der Waals surface area contributed by atoms with E-state index in [1.807, 2.05) is 19.1 Å². The number of nitriles is 1. The molecule has 2 aromatic rings. The number of anilines is 1. The van der Waals surface area contributed by atoms with Gasteiger partial charge in [0.1, 0.15) is 0 Å². The van der Waals surface area contributed by atoms with Gasteiger partial charge in [-0.2, -0.15) is 10.4 Å². The highest BCUT2D eigenvalue weighted by Crippen LogP contribution is 2.17. The van der Waals surface area contributed by atoms with Crippen molar-refractivity contribution >= 4 is 5.69 Å². The molecule has 5 heteroatoms. The van der Waals surface area contributed by atoms with E-state index in [1.165, 1.54) is 4.68 Å². The molecule has 0 bridgehead atoms. The largest absolute Gasteiger partial charge is 0.383 e. The fourth-order valence-corrected chi connectivity index (χ4v) is 2.56. The van der Waals surface area contributed by atoms with E-state index in [0.717, 1.165) is 41.9 Å². The summed E-state index contributed by atoms with van der Waals surface area (Å²) in [6, 6.07) is 9.24. The molecule has 1 aliphatic heterocycles. The summed E-state index contributed by atoms with van der Waals surface area (Å²) in [4.78, 5) is 12.1. The van der Waals surface area contributed by atoms with Gasteiger partial charge < -0.3 is 5.32 Å². The van der Waals surface area contributed by atoms with Crippen LogP contribution in [0, 0.1) is 18.3 Å². The summed E-state index contributed by atoms with van der Waals surface area (Å²) in [5.41, 5.74) is 4.34. The number of hydrogen-bond acceptors (Lipinski definition) is 4. The number of aryl methyl sites for hydroxylation is 2. The number of rotatable bonds is 2. The Morgan fingerprint density at radius 1 is 1.43 bits per heavy atom. The maximum absolute atomic E-state index is 12.1. The first-order valence-corrected chi connectivity index (χ1v) is 7.02. The van der Waals surface area contributed by atoms with Crippen LogP contribution < -0.4 is 10.9 Å². The molecule has 1 aliphatic rings. The second-order valence-corrected chi connectivity index (χ2v) is 5.28. The molecule has 21 heavy (non-hydrogen) atoms. The van der Waals surface area contributed by atoms with Crippen molar-refractivity contribution in [2.45, 2.75) is 26.3 Å². The summed E-state index contributed by atoms with van der Waals surface area (Å²) in [5, 5.41) is 16.6. The average molecular weight is 280 g/mol. The highest BCUT2D eigenvalue weighted by atomic mass is 16.1. The van der Waals surface area contributed by atoms with E-state index in [9.17, 15) is 4.79 Å². The standard InChI is InChI=1S/C16H16N4O/c1-11-7-12(9-17)4-5-13(11)10-20-16(21)8-15-14(19-20)3-2-6-18-15/h4-5,7-8,18H,2-3,6,10H2,1H3. The molecule has 3 rings (SSSR count). The Hall–Kier alpha value is -2.61. The summed E-state index contributed by atoms with van der Waals surface area (Å²) in [6.07, 6.45) is 1.93. The molecule has 0 radical (unpaired) electrons. The second-order valence-electron chi connectivity index (χ2n) is 5.28. The number of nitrogens with one attached hydrogen (secondary N) is 1. The van der Waals surface area contributed by atoms with Crippen LogP contribution >= 0.6 is 0 Å².